The van der Waals surface area contributed by atoms with Gasteiger partial charge in [0, 0.05) is 30.9 Å². The molecule has 0 aliphatic rings. The van der Waals surface area contributed by atoms with Crippen molar-refractivity contribution in [3.05, 3.63) is 30.0 Å². The second-order valence-corrected chi connectivity index (χ2v) is 4.96. The summed E-state index contributed by atoms with van der Waals surface area (Å²) >= 11 is 1.52. The van der Waals surface area contributed by atoms with Crippen molar-refractivity contribution < 1.29 is 0 Å². The Morgan fingerprint density at radius 2 is 2.05 bits per heavy atom. The van der Waals surface area contributed by atoms with Crippen molar-refractivity contribution in [1.82, 2.24) is 19.9 Å². The fourth-order valence-electron chi connectivity index (χ4n) is 1.57. The topological polar surface area (TPSA) is 63.6 Å². The number of aromatic nitrogens is 4. The van der Waals surface area contributed by atoms with E-state index in [1.165, 1.54) is 11.8 Å². The molecule has 0 saturated heterocycles. The minimum atomic E-state index is 0.812. The van der Waals surface area contributed by atoms with Crippen molar-refractivity contribution in [3.8, 4) is 0 Å². The second-order valence-electron chi connectivity index (χ2n) is 3.95. The van der Waals surface area contributed by atoms with Crippen LogP contribution in [0.25, 0.3) is 0 Å². The van der Waals surface area contributed by atoms with E-state index in [9.17, 15) is 0 Å². The van der Waals surface area contributed by atoms with Gasteiger partial charge in [0.05, 0.1) is 6.20 Å². The maximum atomic E-state index is 4.57. The van der Waals surface area contributed by atoms with Crippen LogP contribution >= 0.6 is 11.8 Å². The van der Waals surface area contributed by atoms with Gasteiger partial charge in [-0.2, -0.15) is 0 Å². The number of nitrogens with zero attached hydrogens (tertiary/aromatic N) is 4. The fourth-order valence-corrected chi connectivity index (χ4v) is 2.40. The number of nitrogens with one attached hydrogen (secondary N) is 1. The highest BCUT2D eigenvalue weighted by molar-refractivity contribution is 7.99. The molecule has 0 atom stereocenters. The summed E-state index contributed by atoms with van der Waals surface area (Å²) in [6.07, 6.45) is 5.90. The van der Waals surface area contributed by atoms with E-state index in [2.05, 4.69) is 39.1 Å². The van der Waals surface area contributed by atoms with Crippen LogP contribution in [0.1, 0.15) is 25.2 Å². The van der Waals surface area contributed by atoms with Crippen LogP contribution < -0.4 is 5.32 Å². The lowest BCUT2D eigenvalue weighted by Gasteiger charge is -2.11. The Bertz CT molecular complexity index is 544. The van der Waals surface area contributed by atoms with Crippen molar-refractivity contribution in [1.29, 1.82) is 0 Å². The Hall–Kier alpha value is -1.69. The molecule has 0 unspecified atom stereocenters. The van der Waals surface area contributed by atoms with Gasteiger partial charge in [0.25, 0.3) is 0 Å². The van der Waals surface area contributed by atoms with Gasteiger partial charge >= 0.3 is 0 Å². The first kappa shape index (κ1) is 13.7. The van der Waals surface area contributed by atoms with Gasteiger partial charge in [-0.1, -0.05) is 6.92 Å². The summed E-state index contributed by atoms with van der Waals surface area (Å²) < 4.78 is 0. The van der Waals surface area contributed by atoms with Gasteiger partial charge in [-0.3, -0.25) is 4.98 Å². The first-order valence-electron chi connectivity index (χ1n) is 6.29. The van der Waals surface area contributed by atoms with Gasteiger partial charge in [-0.05, 0) is 25.6 Å². The van der Waals surface area contributed by atoms with E-state index in [1.54, 1.807) is 18.6 Å². The number of hydrogen-bond donors (Lipinski definition) is 1. The van der Waals surface area contributed by atoms with Gasteiger partial charge in [0.2, 0.25) is 0 Å². The molecule has 0 aromatic carbocycles. The summed E-state index contributed by atoms with van der Waals surface area (Å²) in [6.45, 7) is 6.98. The van der Waals surface area contributed by atoms with Gasteiger partial charge in [-0.15, -0.1) is 0 Å². The lowest BCUT2D eigenvalue weighted by atomic mass is 10.3. The lowest BCUT2D eigenvalue weighted by Crippen LogP contribution is -2.07. The quantitative estimate of drug-likeness (QED) is 0.846. The van der Waals surface area contributed by atoms with E-state index in [0.29, 0.717) is 0 Å². The van der Waals surface area contributed by atoms with Crippen LogP contribution in [0.3, 0.4) is 0 Å². The molecule has 0 aliphatic heterocycles. The molecule has 2 aromatic rings. The van der Waals surface area contributed by atoms with Crippen LogP contribution in [-0.2, 0) is 6.42 Å². The molecule has 0 bridgehead atoms. The van der Waals surface area contributed by atoms with Gasteiger partial charge in [0.15, 0.2) is 0 Å². The van der Waals surface area contributed by atoms with E-state index in [0.717, 1.165) is 40.2 Å². The van der Waals surface area contributed by atoms with Crippen molar-refractivity contribution in [3.63, 3.8) is 0 Å². The van der Waals surface area contributed by atoms with E-state index in [-0.39, 0.29) is 0 Å². The van der Waals surface area contributed by atoms with E-state index < -0.39 is 0 Å². The third-order valence-electron chi connectivity index (χ3n) is 2.55. The zero-order chi connectivity index (χ0) is 13.7. The molecule has 1 N–H and O–H groups in total. The maximum absolute atomic E-state index is 4.57. The summed E-state index contributed by atoms with van der Waals surface area (Å²) in [5.41, 5.74) is 1.05. The largest absolute Gasteiger partial charge is 0.370 e. The molecule has 0 aliphatic carbocycles. The minimum absolute atomic E-state index is 0.812. The molecule has 0 saturated carbocycles. The minimum Gasteiger partial charge on any atom is -0.370 e. The first-order chi connectivity index (χ1) is 9.24. The van der Waals surface area contributed by atoms with Gasteiger partial charge in [0.1, 0.15) is 21.7 Å². The van der Waals surface area contributed by atoms with E-state index in [4.69, 9.17) is 0 Å². The molecule has 100 valence electrons. The van der Waals surface area contributed by atoms with Crippen LogP contribution in [0.15, 0.2) is 28.6 Å². The zero-order valence-corrected chi connectivity index (χ0v) is 12.2. The normalized spacial score (nSPS) is 10.5. The van der Waals surface area contributed by atoms with Crippen LogP contribution in [0.2, 0.25) is 0 Å². The third kappa shape index (κ3) is 3.41. The predicted molar refractivity (Wildman–Crippen MR) is 76.5 cm³/mol. The van der Waals surface area contributed by atoms with Crippen LogP contribution in [0.5, 0.6) is 0 Å². The summed E-state index contributed by atoms with van der Waals surface area (Å²) in [4.78, 5) is 17.4. The third-order valence-corrected chi connectivity index (χ3v) is 3.56. The summed E-state index contributed by atoms with van der Waals surface area (Å²) in [6, 6.07) is 0. The number of hydrogen-bond acceptors (Lipinski definition) is 6. The Morgan fingerprint density at radius 1 is 1.21 bits per heavy atom. The molecular weight excluding hydrogens is 258 g/mol. The smallest absolute Gasteiger partial charge is 0.133 e. The number of anilines is 1. The SMILES string of the molecule is CCNc1nc(CC)nc(Sc2cnccn2)c1C. The van der Waals surface area contributed by atoms with Crippen LogP contribution in [0, 0.1) is 6.92 Å². The Balaban J connectivity index is 2.35. The average Bonchev–Trinajstić information content (AvgIpc) is 2.44. The molecule has 2 aromatic heterocycles. The summed E-state index contributed by atoms with van der Waals surface area (Å²) in [5.74, 6) is 1.74. The standard InChI is InChI=1S/C13H17N5S/c1-4-10-17-12(15-5-2)9(3)13(18-10)19-11-8-14-6-7-16-11/h6-8H,4-5H2,1-3H3,(H,15,17,18). The Kier molecular flexibility index (Phi) is 4.68. The highest BCUT2D eigenvalue weighted by Gasteiger charge is 2.11. The van der Waals surface area contributed by atoms with Gasteiger partial charge < -0.3 is 5.32 Å². The average molecular weight is 275 g/mol. The van der Waals surface area contributed by atoms with Crippen molar-refractivity contribution in [2.45, 2.75) is 37.2 Å². The van der Waals surface area contributed by atoms with E-state index >= 15 is 0 Å². The fraction of sp³-hybridized carbons (Fsp3) is 0.385. The van der Waals surface area contributed by atoms with Crippen molar-refractivity contribution in [2.24, 2.45) is 0 Å². The van der Waals surface area contributed by atoms with Crippen molar-refractivity contribution >= 4 is 17.6 Å². The molecule has 0 spiro atoms. The zero-order valence-electron chi connectivity index (χ0n) is 11.3. The predicted octanol–water partition coefficient (Wildman–Crippen LogP) is 2.72. The van der Waals surface area contributed by atoms with Crippen LogP contribution in [-0.4, -0.2) is 26.5 Å². The molecular formula is C13H17N5S. The highest BCUT2D eigenvalue weighted by Crippen LogP contribution is 2.29. The first-order valence-corrected chi connectivity index (χ1v) is 7.11. The maximum Gasteiger partial charge on any atom is 0.133 e. The second kappa shape index (κ2) is 6.47. The molecule has 2 heterocycles. The Morgan fingerprint density at radius 3 is 2.68 bits per heavy atom. The molecule has 2 rings (SSSR count). The summed E-state index contributed by atoms with van der Waals surface area (Å²) in [5, 5.41) is 5.05. The lowest BCUT2D eigenvalue weighted by molar-refractivity contribution is 0.868. The molecule has 0 fully saturated rings. The molecule has 0 amide bonds. The molecule has 0 radical (unpaired) electrons. The van der Waals surface area contributed by atoms with Crippen molar-refractivity contribution in [2.75, 3.05) is 11.9 Å². The van der Waals surface area contributed by atoms with Crippen LogP contribution in [0.4, 0.5) is 5.82 Å². The highest BCUT2D eigenvalue weighted by atomic mass is 32.2. The molecule has 19 heavy (non-hydrogen) atoms. The number of rotatable bonds is 5. The van der Waals surface area contributed by atoms with Gasteiger partial charge in [-0.25, -0.2) is 15.0 Å². The Labute approximate surface area is 117 Å². The monoisotopic (exact) mass is 275 g/mol. The molecule has 5 nitrogen and oxygen atoms in total. The van der Waals surface area contributed by atoms with E-state index in [1.807, 2.05) is 6.92 Å². The number of aryl methyl sites for hydroxylation is 1. The summed E-state index contributed by atoms with van der Waals surface area (Å²) in [7, 11) is 0. The molecule has 6 heteroatoms.